The minimum Gasteiger partial charge on any atom is -0.327 e. The Labute approximate surface area is 92.7 Å². The maximum Gasteiger partial charge on any atom is 0.0101 e. The van der Waals surface area contributed by atoms with Crippen LogP contribution < -0.4 is 5.73 Å². The molecule has 0 bridgehead atoms. The number of rotatable bonds is 4. The molecule has 0 amide bonds. The second-order valence-corrected chi connectivity index (χ2v) is 4.14. The van der Waals surface area contributed by atoms with Gasteiger partial charge in [0.25, 0.3) is 0 Å². The van der Waals surface area contributed by atoms with E-state index in [1.54, 1.807) is 0 Å². The van der Waals surface area contributed by atoms with E-state index in [1.807, 2.05) is 0 Å². The third kappa shape index (κ3) is 3.77. The fraction of sp³-hybridized carbons (Fsp3) is 0.429. The van der Waals surface area contributed by atoms with Crippen LogP contribution in [0.2, 0.25) is 0 Å². The predicted octanol–water partition coefficient (Wildman–Crippen LogP) is 2.59. The smallest absolute Gasteiger partial charge is 0.0101 e. The van der Waals surface area contributed by atoms with Gasteiger partial charge in [0.2, 0.25) is 0 Å². The lowest BCUT2D eigenvalue weighted by atomic mass is 9.97. The first-order valence-electron chi connectivity index (χ1n) is 5.38. The second-order valence-electron chi connectivity index (χ2n) is 4.14. The van der Waals surface area contributed by atoms with E-state index >= 15 is 0 Å². The Morgan fingerprint density at radius 1 is 1.40 bits per heavy atom. The van der Waals surface area contributed by atoms with Crippen molar-refractivity contribution >= 4 is 0 Å². The molecule has 0 aliphatic carbocycles. The molecule has 0 saturated heterocycles. The Morgan fingerprint density at radius 3 is 2.80 bits per heavy atom. The summed E-state index contributed by atoms with van der Waals surface area (Å²) in [6.07, 6.45) is 7.82. The van der Waals surface area contributed by atoms with Gasteiger partial charge in [0.1, 0.15) is 0 Å². The molecule has 1 aromatic carbocycles. The van der Waals surface area contributed by atoms with Crippen LogP contribution in [0.5, 0.6) is 0 Å². The maximum atomic E-state index is 6.02. The summed E-state index contributed by atoms with van der Waals surface area (Å²) in [6.45, 7) is 4.23. The number of hydrogen-bond donors (Lipinski definition) is 1. The molecule has 1 rings (SSSR count). The van der Waals surface area contributed by atoms with Crippen molar-refractivity contribution < 1.29 is 0 Å². The van der Waals surface area contributed by atoms with Crippen LogP contribution in [-0.2, 0) is 6.42 Å². The third-order valence-electron chi connectivity index (χ3n) is 2.65. The van der Waals surface area contributed by atoms with E-state index in [2.05, 4.69) is 38.0 Å². The highest BCUT2D eigenvalue weighted by Gasteiger charge is 2.05. The molecule has 1 aromatic rings. The topological polar surface area (TPSA) is 26.0 Å². The molecule has 0 spiro atoms. The number of hydrogen-bond acceptors (Lipinski definition) is 1. The fourth-order valence-corrected chi connectivity index (χ4v) is 1.67. The molecule has 1 atom stereocenters. The second kappa shape index (κ2) is 5.58. The molecular weight excluding hydrogens is 182 g/mol. The molecule has 0 saturated carbocycles. The molecule has 80 valence electrons. The number of nitrogens with two attached hydrogens (primary N) is 1. The lowest BCUT2D eigenvalue weighted by Crippen LogP contribution is -2.22. The zero-order valence-corrected chi connectivity index (χ0v) is 9.59. The quantitative estimate of drug-likeness (QED) is 0.744. The van der Waals surface area contributed by atoms with Crippen molar-refractivity contribution in [2.45, 2.75) is 39.2 Å². The summed E-state index contributed by atoms with van der Waals surface area (Å²) in [5.41, 5.74) is 9.97. The predicted molar refractivity (Wildman–Crippen MR) is 65.7 cm³/mol. The standard InChI is InChI=1S/C14H19N/c1-4-5-6-14(15)10-13-9-11(2)7-8-12(13)3/h1,7-9,14H,5-6,10,15H2,2-3H3. The summed E-state index contributed by atoms with van der Waals surface area (Å²) in [7, 11) is 0. The largest absolute Gasteiger partial charge is 0.327 e. The van der Waals surface area contributed by atoms with Crippen LogP contribution in [0.3, 0.4) is 0 Å². The summed E-state index contributed by atoms with van der Waals surface area (Å²) in [4.78, 5) is 0. The zero-order chi connectivity index (χ0) is 11.3. The molecule has 15 heavy (non-hydrogen) atoms. The minimum absolute atomic E-state index is 0.182. The Morgan fingerprint density at radius 2 is 2.13 bits per heavy atom. The van der Waals surface area contributed by atoms with Gasteiger partial charge in [-0.15, -0.1) is 12.3 Å². The van der Waals surface area contributed by atoms with Crippen LogP contribution in [0, 0.1) is 26.2 Å². The molecule has 1 heteroatoms. The molecule has 0 radical (unpaired) electrons. The average Bonchev–Trinajstić information content (AvgIpc) is 2.20. The van der Waals surface area contributed by atoms with E-state index in [0.29, 0.717) is 0 Å². The molecular formula is C14H19N. The highest BCUT2D eigenvalue weighted by molar-refractivity contribution is 5.31. The highest BCUT2D eigenvalue weighted by Crippen LogP contribution is 2.13. The van der Waals surface area contributed by atoms with Crippen molar-refractivity contribution in [3.05, 3.63) is 34.9 Å². The summed E-state index contributed by atoms with van der Waals surface area (Å²) in [6, 6.07) is 6.68. The van der Waals surface area contributed by atoms with Crippen LogP contribution in [0.4, 0.5) is 0 Å². The molecule has 2 N–H and O–H groups in total. The van der Waals surface area contributed by atoms with Gasteiger partial charge >= 0.3 is 0 Å². The van der Waals surface area contributed by atoms with Crippen LogP contribution >= 0.6 is 0 Å². The van der Waals surface area contributed by atoms with E-state index in [1.165, 1.54) is 16.7 Å². The van der Waals surface area contributed by atoms with E-state index in [4.69, 9.17) is 12.2 Å². The Kier molecular flexibility index (Phi) is 4.39. The van der Waals surface area contributed by atoms with Gasteiger partial charge in [-0.05, 0) is 37.8 Å². The molecule has 0 aliphatic rings. The number of terminal acetylenes is 1. The average molecular weight is 201 g/mol. The highest BCUT2D eigenvalue weighted by atomic mass is 14.6. The molecule has 1 nitrogen and oxygen atoms in total. The maximum absolute atomic E-state index is 6.02. The van der Waals surface area contributed by atoms with Gasteiger partial charge in [-0.1, -0.05) is 23.8 Å². The summed E-state index contributed by atoms with van der Waals surface area (Å²) in [5.74, 6) is 2.63. The molecule has 0 heterocycles. The van der Waals surface area contributed by atoms with Crippen molar-refractivity contribution in [1.82, 2.24) is 0 Å². The summed E-state index contributed by atoms with van der Waals surface area (Å²) in [5, 5.41) is 0. The van der Waals surface area contributed by atoms with Gasteiger partial charge < -0.3 is 5.73 Å². The van der Waals surface area contributed by atoms with Gasteiger partial charge in [0, 0.05) is 12.5 Å². The van der Waals surface area contributed by atoms with Crippen molar-refractivity contribution in [2.24, 2.45) is 5.73 Å². The minimum atomic E-state index is 0.182. The first-order chi connectivity index (χ1) is 7.13. The van der Waals surface area contributed by atoms with Crippen molar-refractivity contribution in [1.29, 1.82) is 0 Å². The van der Waals surface area contributed by atoms with Crippen molar-refractivity contribution in [3.63, 3.8) is 0 Å². The van der Waals surface area contributed by atoms with E-state index < -0.39 is 0 Å². The lowest BCUT2D eigenvalue weighted by molar-refractivity contribution is 0.621. The third-order valence-corrected chi connectivity index (χ3v) is 2.65. The van der Waals surface area contributed by atoms with Crippen LogP contribution in [0.1, 0.15) is 29.5 Å². The first-order valence-corrected chi connectivity index (χ1v) is 5.38. The van der Waals surface area contributed by atoms with Crippen molar-refractivity contribution in [3.8, 4) is 12.3 Å². The SMILES string of the molecule is C#CCCC(N)Cc1cc(C)ccc1C. The van der Waals surface area contributed by atoms with E-state index in [-0.39, 0.29) is 6.04 Å². The van der Waals surface area contributed by atoms with E-state index in [0.717, 1.165) is 19.3 Å². The molecule has 0 aliphatic heterocycles. The van der Waals surface area contributed by atoms with Gasteiger partial charge in [0.05, 0.1) is 0 Å². The zero-order valence-electron chi connectivity index (χ0n) is 9.59. The first kappa shape index (κ1) is 11.8. The van der Waals surface area contributed by atoms with Gasteiger partial charge in [0.15, 0.2) is 0 Å². The summed E-state index contributed by atoms with van der Waals surface area (Å²) < 4.78 is 0. The van der Waals surface area contributed by atoms with Gasteiger partial charge in [-0.3, -0.25) is 0 Å². The van der Waals surface area contributed by atoms with Gasteiger partial charge in [-0.2, -0.15) is 0 Å². The lowest BCUT2D eigenvalue weighted by Gasteiger charge is -2.12. The van der Waals surface area contributed by atoms with Crippen LogP contribution in [-0.4, -0.2) is 6.04 Å². The monoisotopic (exact) mass is 201 g/mol. The normalized spacial score (nSPS) is 12.1. The fourth-order valence-electron chi connectivity index (χ4n) is 1.67. The Hall–Kier alpha value is -1.26. The Bertz CT molecular complexity index is 360. The van der Waals surface area contributed by atoms with E-state index in [9.17, 15) is 0 Å². The van der Waals surface area contributed by atoms with Gasteiger partial charge in [-0.25, -0.2) is 0 Å². The van der Waals surface area contributed by atoms with Crippen molar-refractivity contribution in [2.75, 3.05) is 0 Å². The molecule has 0 aromatic heterocycles. The summed E-state index contributed by atoms with van der Waals surface area (Å²) >= 11 is 0. The number of aryl methyl sites for hydroxylation is 2. The molecule has 0 fully saturated rings. The Balaban J connectivity index is 2.64. The van der Waals surface area contributed by atoms with Crippen LogP contribution in [0.25, 0.3) is 0 Å². The molecule has 1 unspecified atom stereocenters. The number of benzene rings is 1. The van der Waals surface area contributed by atoms with Crippen LogP contribution in [0.15, 0.2) is 18.2 Å².